The van der Waals surface area contributed by atoms with Crippen LogP contribution in [-0.4, -0.2) is 20.0 Å². The van der Waals surface area contributed by atoms with Crippen molar-refractivity contribution >= 4 is 15.9 Å². The molecule has 1 rings (SSSR count). The highest BCUT2D eigenvalue weighted by Crippen LogP contribution is 2.30. The second kappa shape index (κ2) is 5.98. The second-order valence-electron chi connectivity index (χ2n) is 2.94. The Balaban J connectivity index is 2.75. The largest absolute Gasteiger partial charge is 0.493 e. The molecule has 0 N–H and O–H groups in total. The number of ether oxygens (including phenoxy) is 3. The molecule has 0 aliphatic carbocycles. The molecule has 0 fully saturated rings. The van der Waals surface area contributed by atoms with Crippen molar-refractivity contribution in [2.24, 2.45) is 0 Å². The molecule has 1 unspecified atom stereocenters. The molecule has 1 atom stereocenters. The average Bonchev–Trinajstić information content (AvgIpc) is 2.21. The van der Waals surface area contributed by atoms with Gasteiger partial charge in [-0.2, -0.15) is 0 Å². The second-order valence-corrected chi connectivity index (χ2v) is 3.85. The van der Waals surface area contributed by atoms with Crippen molar-refractivity contribution in [2.45, 2.75) is 20.1 Å². The van der Waals surface area contributed by atoms with E-state index in [1.165, 1.54) is 0 Å². The summed E-state index contributed by atoms with van der Waals surface area (Å²) in [5.41, 5.74) is 0. The monoisotopic (exact) mass is 274 g/mol. The van der Waals surface area contributed by atoms with Gasteiger partial charge < -0.3 is 14.2 Å². The van der Waals surface area contributed by atoms with Crippen LogP contribution in [0.5, 0.6) is 11.5 Å². The number of hydrogen-bond donors (Lipinski definition) is 0. The number of benzene rings is 1. The lowest BCUT2D eigenvalue weighted by molar-refractivity contribution is -0.0623. The van der Waals surface area contributed by atoms with E-state index in [1.807, 2.05) is 32.0 Å². The lowest BCUT2D eigenvalue weighted by Gasteiger charge is -2.16. The van der Waals surface area contributed by atoms with Crippen LogP contribution < -0.4 is 9.47 Å². The van der Waals surface area contributed by atoms with Crippen molar-refractivity contribution < 1.29 is 14.2 Å². The van der Waals surface area contributed by atoms with Crippen molar-refractivity contribution in [3.8, 4) is 11.5 Å². The maximum Gasteiger partial charge on any atom is 0.197 e. The zero-order valence-corrected chi connectivity index (χ0v) is 10.7. The minimum absolute atomic E-state index is 0.273. The summed E-state index contributed by atoms with van der Waals surface area (Å²) in [5.74, 6) is 1.37. The fourth-order valence-corrected chi connectivity index (χ4v) is 1.53. The Kier molecular flexibility index (Phi) is 4.91. The van der Waals surface area contributed by atoms with Crippen molar-refractivity contribution in [2.75, 3.05) is 13.7 Å². The minimum atomic E-state index is -0.273. The van der Waals surface area contributed by atoms with E-state index in [0.717, 1.165) is 4.47 Å². The Morgan fingerprint density at radius 3 is 2.67 bits per heavy atom. The summed E-state index contributed by atoms with van der Waals surface area (Å²) in [6.07, 6.45) is -0.273. The standard InChI is InChI=1S/C11H15BrO3/c1-4-14-8(2)15-10-6-5-9(12)7-11(10)13-3/h5-8H,4H2,1-3H3. The van der Waals surface area contributed by atoms with E-state index < -0.39 is 0 Å². The molecular formula is C11H15BrO3. The number of methoxy groups -OCH3 is 1. The van der Waals surface area contributed by atoms with Gasteiger partial charge in [0.1, 0.15) is 0 Å². The van der Waals surface area contributed by atoms with Crippen LogP contribution in [-0.2, 0) is 4.74 Å². The Labute approximate surface area is 98.5 Å². The van der Waals surface area contributed by atoms with E-state index in [4.69, 9.17) is 14.2 Å². The van der Waals surface area contributed by atoms with Crippen molar-refractivity contribution in [3.63, 3.8) is 0 Å². The summed E-state index contributed by atoms with van der Waals surface area (Å²) in [6, 6.07) is 5.60. The fraction of sp³-hybridized carbons (Fsp3) is 0.455. The predicted octanol–water partition coefficient (Wildman–Crippen LogP) is 3.22. The van der Waals surface area contributed by atoms with Gasteiger partial charge in [0.2, 0.25) is 0 Å². The van der Waals surface area contributed by atoms with E-state index in [0.29, 0.717) is 18.1 Å². The highest BCUT2D eigenvalue weighted by molar-refractivity contribution is 9.10. The fourth-order valence-electron chi connectivity index (χ4n) is 1.19. The predicted molar refractivity (Wildman–Crippen MR) is 62.4 cm³/mol. The molecule has 0 spiro atoms. The summed E-state index contributed by atoms with van der Waals surface area (Å²) in [5, 5.41) is 0. The smallest absolute Gasteiger partial charge is 0.197 e. The first-order valence-corrected chi connectivity index (χ1v) is 5.58. The summed E-state index contributed by atoms with van der Waals surface area (Å²) in [4.78, 5) is 0. The van der Waals surface area contributed by atoms with Crippen LogP contribution in [0, 0.1) is 0 Å². The molecule has 3 nitrogen and oxygen atoms in total. The van der Waals surface area contributed by atoms with E-state index in [-0.39, 0.29) is 6.29 Å². The quantitative estimate of drug-likeness (QED) is 0.772. The summed E-state index contributed by atoms with van der Waals surface area (Å²) >= 11 is 3.37. The molecule has 0 bridgehead atoms. The average molecular weight is 275 g/mol. The lowest BCUT2D eigenvalue weighted by Crippen LogP contribution is -2.16. The zero-order chi connectivity index (χ0) is 11.3. The Morgan fingerprint density at radius 1 is 1.33 bits per heavy atom. The SMILES string of the molecule is CCOC(C)Oc1ccc(Br)cc1OC. The van der Waals surface area contributed by atoms with Gasteiger partial charge in [0.15, 0.2) is 17.8 Å². The summed E-state index contributed by atoms with van der Waals surface area (Å²) in [7, 11) is 1.61. The van der Waals surface area contributed by atoms with Gasteiger partial charge in [0.05, 0.1) is 7.11 Å². The third kappa shape index (κ3) is 3.72. The highest BCUT2D eigenvalue weighted by atomic mass is 79.9. The van der Waals surface area contributed by atoms with Gasteiger partial charge in [-0.1, -0.05) is 15.9 Å². The number of rotatable bonds is 5. The van der Waals surface area contributed by atoms with E-state index in [9.17, 15) is 0 Å². The normalized spacial score (nSPS) is 12.3. The van der Waals surface area contributed by atoms with Gasteiger partial charge in [-0.3, -0.25) is 0 Å². The van der Waals surface area contributed by atoms with E-state index in [1.54, 1.807) is 7.11 Å². The summed E-state index contributed by atoms with van der Waals surface area (Å²) < 4.78 is 17.0. The van der Waals surface area contributed by atoms with Crippen LogP contribution in [0.25, 0.3) is 0 Å². The van der Waals surface area contributed by atoms with E-state index in [2.05, 4.69) is 15.9 Å². The van der Waals surface area contributed by atoms with Gasteiger partial charge in [0.25, 0.3) is 0 Å². The van der Waals surface area contributed by atoms with Gasteiger partial charge in [-0.15, -0.1) is 0 Å². The summed E-state index contributed by atoms with van der Waals surface area (Å²) in [6.45, 7) is 4.41. The van der Waals surface area contributed by atoms with Crippen LogP contribution in [0.4, 0.5) is 0 Å². The Morgan fingerprint density at radius 2 is 2.07 bits per heavy atom. The van der Waals surface area contributed by atoms with Gasteiger partial charge in [-0.25, -0.2) is 0 Å². The molecule has 0 aliphatic heterocycles. The van der Waals surface area contributed by atoms with Crippen LogP contribution in [0.3, 0.4) is 0 Å². The molecule has 0 heterocycles. The molecule has 1 aromatic carbocycles. The van der Waals surface area contributed by atoms with Gasteiger partial charge in [-0.05, 0) is 32.0 Å². The molecule has 15 heavy (non-hydrogen) atoms. The van der Waals surface area contributed by atoms with Gasteiger partial charge >= 0.3 is 0 Å². The number of hydrogen-bond acceptors (Lipinski definition) is 3. The third-order valence-corrected chi connectivity index (χ3v) is 2.31. The molecule has 0 radical (unpaired) electrons. The first-order chi connectivity index (χ1) is 7.17. The third-order valence-electron chi connectivity index (χ3n) is 1.82. The molecule has 4 heteroatoms. The lowest BCUT2D eigenvalue weighted by atomic mass is 10.3. The zero-order valence-electron chi connectivity index (χ0n) is 9.12. The molecule has 1 aromatic rings. The van der Waals surface area contributed by atoms with Crippen LogP contribution in [0.1, 0.15) is 13.8 Å². The van der Waals surface area contributed by atoms with Crippen LogP contribution in [0.2, 0.25) is 0 Å². The highest BCUT2D eigenvalue weighted by Gasteiger charge is 2.08. The molecule has 0 amide bonds. The van der Waals surface area contributed by atoms with Crippen molar-refractivity contribution in [1.29, 1.82) is 0 Å². The topological polar surface area (TPSA) is 27.7 Å². The Hall–Kier alpha value is -0.740. The maximum absolute atomic E-state index is 5.56. The first-order valence-electron chi connectivity index (χ1n) is 4.79. The van der Waals surface area contributed by atoms with Crippen LogP contribution >= 0.6 is 15.9 Å². The van der Waals surface area contributed by atoms with Crippen molar-refractivity contribution in [3.05, 3.63) is 22.7 Å². The minimum Gasteiger partial charge on any atom is -0.493 e. The maximum atomic E-state index is 5.56. The number of halogens is 1. The van der Waals surface area contributed by atoms with Gasteiger partial charge in [0, 0.05) is 11.1 Å². The Bertz CT molecular complexity index is 315. The molecule has 84 valence electrons. The molecule has 0 saturated heterocycles. The van der Waals surface area contributed by atoms with Crippen molar-refractivity contribution in [1.82, 2.24) is 0 Å². The first kappa shape index (κ1) is 12.3. The van der Waals surface area contributed by atoms with E-state index >= 15 is 0 Å². The molecule has 0 aromatic heterocycles. The molecule has 0 saturated carbocycles. The molecular weight excluding hydrogens is 260 g/mol. The molecule has 0 aliphatic rings. The van der Waals surface area contributed by atoms with Crippen LogP contribution in [0.15, 0.2) is 22.7 Å².